The Bertz CT molecular complexity index is 607. The number of hydrogen-bond acceptors (Lipinski definition) is 5. The predicted octanol–water partition coefficient (Wildman–Crippen LogP) is 4.03. The van der Waals surface area contributed by atoms with E-state index in [0.717, 1.165) is 27.4 Å². The number of hydrogen-bond donors (Lipinski definition) is 2. The van der Waals surface area contributed by atoms with E-state index in [4.69, 9.17) is 10.6 Å². The summed E-state index contributed by atoms with van der Waals surface area (Å²) in [4.78, 5) is 8.31. The smallest absolute Gasteiger partial charge is 0.227 e. The van der Waals surface area contributed by atoms with Crippen LogP contribution in [0.15, 0.2) is 33.5 Å². The third-order valence-electron chi connectivity index (χ3n) is 2.64. The Balaban J connectivity index is 2.37. The van der Waals surface area contributed by atoms with Gasteiger partial charge in [-0.05, 0) is 40.5 Å². The molecule has 1 aromatic carbocycles. The number of halogens is 2. The topological polar surface area (TPSA) is 73.1 Å². The van der Waals surface area contributed by atoms with Crippen molar-refractivity contribution >= 4 is 37.7 Å². The maximum Gasteiger partial charge on any atom is 0.227 e. The lowest BCUT2D eigenvalue weighted by Crippen LogP contribution is -2.12. The van der Waals surface area contributed by atoms with Gasteiger partial charge in [0.05, 0.1) is 10.0 Å². The molecule has 2 rings (SSSR count). The average molecular weight is 402 g/mol. The number of anilines is 1. The van der Waals surface area contributed by atoms with Gasteiger partial charge in [0.1, 0.15) is 17.9 Å². The number of nitrogens with one attached hydrogen (secondary N) is 1. The number of aromatic nitrogens is 2. The van der Waals surface area contributed by atoms with Crippen molar-refractivity contribution in [2.75, 3.05) is 5.43 Å². The lowest BCUT2D eigenvalue weighted by Gasteiger charge is -2.13. The monoisotopic (exact) mass is 400 g/mol. The standard InChI is InChI=1S/C13H14Br2N4O/c1-2-3-9-12(19-16)17-7-18-13(9)20-11-5-4-8(14)6-10(11)15/h4-7H,2-3,16H2,1H3,(H,17,18,19). The molecule has 1 heterocycles. The Kier molecular flexibility index (Phi) is 5.33. The van der Waals surface area contributed by atoms with Gasteiger partial charge in [-0.2, -0.15) is 0 Å². The van der Waals surface area contributed by atoms with E-state index < -0.39 is 0 Å². The van der Waals surface area contributed by atoms with Crippen molar-refractivity contribution in [2.24, 2.45) is 5.84 Å². The van der Waals surface area contributed by atoms with Crippen molar-refractivity contribution in [1.82, 2.24) is 9.97 Å². The largest absolute Gasteiger partial charge is 0.437 e. The third-order valence-corrected chi connectivity index (χ3v) is 3.76. The Morgan fingerprint density at radius 2 is 2.10 bits per heavy atom. The van der Waals surface area contributed by atoms with Gasteiger partial charge < -0.3 is 10.2 Å². The van der Waals surface area contributed by atoms with Crippen molar-refractivity contribution in [3.63, 3.8) is 0 Å². The Morgan fingerprint density at radius 1 is 1.30 bits per heavy atom. The molecule has 0 atom stereocenters. The highest BCUT2D eigenvalue weighted by atomic mass is 79.9. The molecular weight excluding hydrogens is 388 g/mol. The number of rotatable bonds is 5. The van der Waals surface area contributed by atoms with E-state index in [1.54, 1.807) is 0 Å². The van der Waals surface area contributed by atoms with E-state index in [9.17, 15) is 0 Å². The van der Waals surface area contributed by atoms with Gasteiger partial charge in [0.15, 0.2) is 0 Å². The molecule has 0 bridgehead atoms. The van der Waals surface area contributed by atoms with Crippen molar-refractivity contribution in [2.45, 2.75) is 19.8 Å². The molecule has 0 aliphatic carbocycles. The number of nitrogens with zero attached hydrogens (tertiary/aromatic N) is 2. The first-order valence-corrected chi connectivity index (χ1v) is 7.67. The maximum absolute atomic E-state index is 5.88. The first-order chi connectivity index (χ1) is 9.65. The second-order valence-electron chi connectivity index (χ2n) is 4.08. The maximum atomic E-state index is 5.88. The van der Waals surface area contributed by atoms with Crippen LogP contribution in [0.4, 0.5) is 5.82 Å². The summed E-state index contributed by atoms with van der Waals surface area (Å²) in [5.41, 5.74) is 3.45. The summed E-state index contributed by atoms with van der Waals surface area (Å²) in [5.74, 6) is 7.27. The minimum absolute atomic E-state index is 0.512. The zero-order valence-corrected chi connectivity index (χ0v) is 14.0. The van der Waals surface area contributed by atoms with Crippen molar-refractivity contribution < 1.29 is 4.74 Å². The van der Waals surface area contributed by atoms with Crippen LogP contribution in [0.5, 0.6) is 11.6 Å². The molecule has 0 aliphatic rings. The van der Waals surface area contributed by atoms with Crippen LogP contribution in [-0.4, -0.2) is 9.97 Å². The fourth-order valence-electron chi connectivity index (χ4n) is 1.75. The third kappa shape index (κ3) is 3.47. The lowest BCUT2D eigenvalue weighted by atomic mass is 10.2. The summed E-state index contributed by atoms with van der Waals surface area (Å²) in [5, 5.41) is 0. The minimum Gasteiger partial charge on any atom is -0.437 e. The average Bonchev–Trinajstić information content (AvgIpc) is 2.43. The second kappa shape index (κ2) is 7.01. The van der Waals surface area contributed by atoms with Gasteiger partial charge in [-0.3, -0.25) is 0 Å². The quantitative estimate of drug-likeness (QED) is 0.584. The van der Waals surface area contributed by atoms with E-state index in [0.29, 0.717) is 17.4 Å². The summed E-state index contributed by atoms with van der Waals surface area (Å²) in [6, 6.07) is 5.68. The van der Waals surface area contributed by atoms with Gasteiger partial charge in [0.25, 0.3) is 0 Å². The van der Waals surface area contributed by atoms with Crippen molar-refractivity contribution in [3.8, 4) is 11.6 Å². The van der Waals surface area contributed by atoms with E-state index >= 15 is 0 Å². The molecule has 0 amide bonds. The Morgan fingerprint density at radius 3 is 2.75 bits per heavy atom. The molecule has 3 N–H and O–H groups in total. The van der Waals surface area contributed by atoms with Crippen LogP contribution in [0.1, 0.15) is 18.9 Å². The fourth-order valence-corrected chi connectivity index (χ4v) is 2.87. The van der Waals surface area contributed by atoms with Gasteiger partial charge in [-0.1, -0.05) is 29.3 Å². The highest BCUT2D eigenvalue weighted by Crippen LogP contribution is 2.34. The predicted molar refractivity (Wildman–Crippen MR) is 85.8 cm³/mol. The van der Waals surface area contributed by atoms with Crippen LogP contribution < -0.4 is 16.0 Å². The van der Waals surface area contributed by atoms with E-state index in [1.165, 1.54) is 6.33 Å². The second-order valence-corrected chi connectivity index (χ2v) is 5.85. The van der Waals surface area contributed by atoms with Crippen LogP contribution in [0.25, 0.3) is 0 Å². The van der Waals surface area contributed by atoms with Gasteiger partial charge in [-0.25, -0.2) is 15.8 Å². The summed E-state index contributed by atoms with van der Waals surface area (Å²) >= 11 is 6.87. The normalized spacial score (nSPS) is 10.4. The molecule has 0 spiro atoms. The number of nitrogen functional groups attached to an aromatic ring is 1. The molecule has 20 heavy (non-hydrogen) atoms. The molecule has 0 aliphatic heterocycles. The number of benzene rings is 1. The van der Waals surface area contributed by atoms with E-state index in [1.807, 2.05) is 18.2 Å². The Labute approximate surface area is 134 Å². The lowest BCUT2D eigenvalue weighted by molar-refractivity contribution is 0.451. The van der Waals surface area contributed by atoms with E-state index in [2.05, 4.69) is 54.2 Å². The van der Waals surface area contributed by atoms with Crippen molar-refractivity contribution in [3.05, 3.63) is 39.0 Å². The van der Waals surface area contributed by atoms with Crippen LogP contribution in [0.2, 0.25) is 0 Å². The first kappa shape index (κ1) is 15.2. The van der Waals surface area contributed by atoms with Crippen LogP contribution >= 0.6 is 31.9 Å². The SMILES string of the molecule is CCCc1c(NN)ncnc1Oc1ccc(Br)cc1Br. The van der Waals surface area contributed by atoms with Crippen LogP contribution in [-0.2, 0) is 6.42 Å². The molecule has 0 radical (unpaired) electrons. The molecule has 1 aromatic heterocycles. The van der Waals surface area contributed by atoms with Crippen molar-refractivity contribution in [1.29, 1.82) is 0 Å². The molecule has 106 valence electrons. The molecule has 2 aromatic rings. The summed E-state index contributed by atoms with van der Waals surface area (Å²) < 4.78 is 7.69. The minimum atomic E-state index is 0.512. The highest BCUT2D eigenvalue weighted by molar-refractivity contribution is 9.11. The fraction of sp³-hybridized carbons (Fsp3) is 0.231. The van der Waals surface area contributed by atoms with Gasteiger partial charge in [0.2, 0.25) is 5.88 Å². The number of ether oxygens (including phenoxy) is 1. The molecular formula is C13H14Br2N4O. The molecule has 0 fully saturated rings. The molecule has 0 saturated heterocycles. The number of nitrogens with two attached hydrogens (primary N) is 1. The summed E-state index contributed by atoms with van der Waals surface area (Å²) in [6.07, 6.45) is 3.15. The summed E-state index contributed by atoms with van der Waals surface area (Å²) in [6.45, 7) is 2.08. The molecule has 0 saturated carbocycles. The first-order valence-electron chi connectivity index (χ1n) is 6.09. The van der Waals surface area contributed by atoms with Gasteiger partial charge in [-0.15, -0.1) is 0 Å². The highest BCUT2D eigenvalue weighted by Gasteiger charge is 2.13. The van der Waals surface area contributed by atoms with Crippen LogP contribution in [0.3, 0.4) is 0 Å². The molecule has 5 nitrogen and oxygen atoms in total. The number of hydrazine groups is 1. The molecule has 0 unspecified atom stereocenters. The zero-order chi connectivity index (χ0) is 14.5. The van der Waals surface area contributed by atoms with E-state index in [-0.39, 0.29) is 0 Å². The van der Waals surface area contributed by atoms with Gasteiger partial charge in [0, 0.05) is 4.47 Å². The van der Waals surface area contributed by atoms with Gasteiger partial charge >= 0.3 is 0 Å². The molecule has 7 heteroatoms. The zero-order valence-electron chi connectivity index (χ0n) is 10.9. The Hall–Kier alpha value is -1.18. The summed E-state index contributed by atoms with van der Waals surface area (Å²) in [7, 11) is 0. The van der Waals surface area contributed by atoms with Crippen LogP contribution in [0, 0.1) is 0 Å².